The zero-order valence-corrected chi connectivity index (χ0v) is 35.0. The molecule has 0 aromatic heterocycles. The molecule has 0 fully saturated rings. The normalized spacial score (nSPS) is 12.1. The van der Waals surface area contributed by atoms with Crippen LogP contribution in [0.25, 0.3) is 20.8 Å². The third kappa shape index (κ3) is 14.3. The van der Waals surface area contributed by atoms with E-state index in [1.807, 2.05) is 110 Å². The lowest BCUT2D eigenvalue weighted by Crippen LogP contribution is -2.33. The van der Waals surface area contributed by atoms with E-state index in [1.54, 1.807) is 19.2 Å². The number of halogens is 3. The largest absolute Gasteiger partial charge is 0.491 e. The standard InChI is InChI=1S/C46H50F3N4O7S/c1-52(37-14-16-39-43(28-37)61-44-29-38(15-17-40(44)51-39)53(2)33-60-45(54)46(47,48)49)20-22-56-24-26-57-25-23-55-21-19-50-30-36-13-18-41(58-31-34-9-5-3-6-10-34)42(27-36)59-32-35-11-7-4-8-12-35/h3-18,27-29,50H,19-26,30-33H2,1-2H3/q+1. The van der Waals surface area contributed by atoms with Crippen molar-refractivity contribution in [1.29, 1.82) is 0 Å². The van der Waals surface area contributed by atoms with Gasteiger partial charge in [-0.1, -0.05) is 66.7 Å². The lowest BCUT2D eigenvalue weighted by molar-refractivity contribution is -0.200. The molecule has 0 atom stereocenters. The van der Waals surface area contributed by atoms with E-state index in [9.17, 15) is 18.0 Å². The first kappa shape index (κ1) is 45.0. The van der Waals surface area contributed by atoms with Gasteiger partial charge in [0.25, 0.3) is 6.73 Å². The lowest BCUT2D eigenvalue weighted by Gasteiger charge is -2.20. The average Bonchev–Trinajstić information content (AvgIpc) is 3.27. The first-order chi connectivity index (χ1) is 29.6. The van der Waals surface area contributed by atoms with Crippen LogP contribution in [0.1, 0.15) is 16.7 Å². The number of likely N-dealkylation sites (N-methyl/N-ethyl adjacent to an activating group) is 1. The number of ether oxygens (including phenoxy) is 6. The molecule has 0 spiro atoms. The Hall–Kier alpha value is -5.58. The number of nitrogens with one attached hydrogen (secondary N) is 1. The number of carbonyl (C=O) groups is 1. The predicted molar refractivity (Wildman–Crippen MR) is 230 cm³/mol. The van der Waals surface area contributed by atoms with Crippen LogP contribution in [0.2, 0.25) is 0 Å². The van der Waals surface area contributed by atoms with Crippen LogP contribution in [0.3, 0.4) is 0 Å². The summed E-state index contributed by atoms with van der Waals surface area (Å²) in [7, 11) is 3.53. The highest BCUT2D eigenvalue weighted by atomic mass is 32.1. The molecule has 0 bridgehead atoms. The second-order valence-corrected chi connectivity index (χ2v) is 15.1. The Balaban J connectivity index is 0.848. The number of fused-ring (bicyclic) bond motifs is 2. The average molecular weight is 860 g/mol. The minimum absolute atomic E-state index is 0.446. The van der Waals surface area contributed by atoms with E-state index in [4.69, 9.17) is 28.7 Å². The summed E-state index contributed by atoms with van der Waals surface area (Å²) in [5.74, 6) is -0.823. The zero-order valence-electron chi connectivity index (χ0n) is 34.2. The van der Waals surface area contributed by atoms with Gasteiger partial charge in [-0.25, -0.2) is 9.78 Å². The predicted octanol–water partition coefficient (Wildman–Crippen LogP) is 7.30. The Morgan fingerprint density at radius 1 is 0.738 bits per heavy atom. The molecule has 6 rings (SSSR count). The maximum atomic E-state index is 12.5. The number of rotatable bonds is 23. The summed E-state index contributed by atoms with van der Waals surface area (Å²) < 4.78 is 74.0. The number of carbonyl (C=O) groups excluding carboxylic acids is 1. The fourth-order valence-electron chi connectivity index (χ4n) is 6.00. The number of aromatic nitrogens is 1. The molecule has 1 aliphatic heterocycles. The monoisotopic (exact) mass is 859 g/mol. The van der Waals surface area contributed by atoms with Crippen LogP contribution in [0.5, 0.6) is 11.5 Å². The van der Waals surface area contributed by atoms with Crippen molar-refractivity contribution in [1.82, 2.24) is 14.9 Å². The molecule has 1 aliphatic carbocycles. The summed E-state index contributed by atoms with van der Waals surface area (Å²) in [5.41, 5.74) is 5.82. The third-order valence-corrected chi connectivity index (χ3v) is 10.5. The van der Waals surface area contributed by atoms with Crippen molar-refractivity contribution < 1.29 is 46.4 Å². The molecule has 0 amide bonds. The van der Waals surface area contributed by atoms with Crippen molar-refractivity contribution in [3.8, 4) is 22.1 Å². The molecule has 322 valence electrons. The number of alkyl halides is 3. The van der Waals surface area contributed by atoms with Crippen LogP contribution in [-0.2, 0) is 43.5 Å². The van der Waals surface area contributed by atoms with Gasteiger partial charge in [0, 0.05) is 44.5 Å². The van der Waals surface area contributed by atoms with Crippen LogP contribution in [0, 0.1) is 0 Å². The van der Waals surface area contributed by atoms with E-state index in [2.05, 4.69) is 15.0 Å². The molecule has 2 aliphatic rings. The number of nitrogens with zero attached hydrogens (tertiary/aromatic N) is 3. The molecule has 15 heteroatoms. The summed E-state index contributed by atoms with van der Waals surface area (Å²) in [6.07, 6.45) is -5.04. The Morgan fingerprint density at radius 3 is 2.08 bits per heavy atom. The van der Waals surface area contributed by atoms with Crippen molar-refractivity contribution in [3.63, 3.8) is 0 Å². The minimum Gasteiger partial charge on any atom is -0.485 e. The molecule has 4 aromatic carbocycles. The summed E-state index contributed by atoms with van der Waals surface area (Å²) in [5, 5.41) is 4.02. The van der Waals surface area contributed by atoms with E-state index in [0.29, 0.717) is 89.3 Å². The van der Waals surface area contributed by atoms with E-state index in [0.717, 1.165) is 43.2 Å². The van der Waals surface area contributed by atoms with Crippen molar-refractivity contribution in [2.45, 2.75) is 25.9 Å². The van der Waals surface area contributed by atoms with Crippen LogP contribution in [0.4, 0.5) is 18.9 Å². The van der Waals surface area contributed by atoms with Crippen LogP contribution < -0.4 is 29.6 Å². The van der Waals surface area contributed by atoms with E-state index >= 15 is 0 Å². The minimum atomic E-state index is -5.04. The van der Waals surface area contributed by atoms with Crippen molar-refractivity contribution in [3.05, 3.63) is 137 Å². The molecule has 1 N–H and O–H groups in total. The molecular weight excluding hydrogens is 810 g/mol. The highest BCUT2D eigenvalue weighted by Gasteiger charge is 2.41. The summed E-state index contributed by atoms with van der Waals surface area (Å²) in [4.78, 5) is 18.8. The molecular formula is C46H50F3N4O7S+. The van der Waals surface area contributed by atoms with Gasteiger partial charge in [0.05, 0.1) is 60.4 Å². The van der Waals surface area contributed by atoms with Gasteiger partial charge in [-0.2, -0.15) is 17.7 Å². The van der Waals surface area contributed by atoms with E-state index < -0.39 is 18.9 Å². The summed E-state index contributed by atoms with van der Waals surface area (Å²) in [6, 6.07) is 37.5. The Labute approximate surface area is 357 Å². The quantitative estimate of drug-likeness (QED) is 0.0232. The molecule has 1 heterocycles. The number of anilines is 1. The fraction of sp³-hybridized carbons (Fsp3) is 0.326. The van der Waals surface area contributed by atoms with Crippen LogP contribution >= 0.6 is 11.3 Å². The van der Waals surface area contributed by atoms with Crippen LogP contribution in [0.15, 0.2) is 115 Å². The number of esters is 1. The van der Waals surface area contributed by atoms with Gasteiger partial charge in [0.1, 0.15) is 20.3 Å². The van der Waals surface area contributed by atoms with Crippen LogP contribution in [-0.4, -0.2) is 90.7 Å². The fourth-order valence-corrected chi connectivity index (χ4v) is 7.04. The first-order valence-corrected chi connectivity index (χ1v) is 20.7. The summed E-state index contributed by atoms with van der Waals surface area (Å²) in [6.45, 7) is 5.31. The molecule has 0 saturated heterocycles. The van der Waals surface area contributed by atoms with Gasteiger partial charge in [-0.3, -0.25) is 0 Å². The van der Waals surface area contributed by atoms with Crippen molar-refractivity contribution >= 4 is 33.2 Å². The second-order valence-electron chi connectivity index (χ2n) is 14.0. The molecule has 11 nitrogen and oxygen atoms in total. The zero-order chi connectivity index (χ0) is 42.9. The van der Waals surface area contributed by atoms with Gasteiger partial charge in [-0.05, 0) is 53.1 Å². The maximum absolute atomic E-state index is 12.5. The van der Waals surface area contributed by atoms with Gasteiger partial charge in [0.15, 0.2) is 11.5 Å². The summed E-state index contributed by atoms with van der Waals surface area (Å²) >= 11 is 1.52. The van der Waals surface area contributed by atoms with Gasteiger partial charge in [-0.15, -0.1) is 11.3 Å². The smallest absolute Gasteiger partial charge is 0.485 e. The van der Waals surface area contributed by atoms with Gasteiger partial charge < -0.3 is 38.6 Å². The highest BCUT2D eigenvalue weighted by Crippen LogP contribution is 2.32. The van der Waals surface area contributed by atoms with E-state index in [1.165, 1.54) is 15.9 Å². The van der Waals surface area contributed by atoms with E-state index in [-0.39, 0.29) is 0 Å². The first-order valence-electron chi connectivity index (χ1n) is 19.9. The van der Waals surface area contributed by atoms with Gasteiger partial charge >= 0.3 is 12.1 Å². The number of hydrogen-bond donors (Lipinski definition) is 1. The number of benzene rings is 5. The number of hydrogen-bond acceptors (Lipinski definition) is 11. The second kappa shape index (κ2) is 22.9. The lowest BCUT2D eigenvalue weighted by atomic mass is 10.2. The maximum Gasteiger partial charge on any atom is 0.491 e. The van der Waals surface area contributed by atoms with Crippen molar-refractivity contribution in [2.24, 2.45) is 0 Å². The molecule has 0 saturated carbocycles. The highest BCUT2D eigenvalue weighted by molar-refractivity contribution is 7.21. The Bertz CT molecular complexity index is 2330. The SMILES string of the molecule is CN(CCOCCOCCOCCNCc1ccc(OCc2ccccc2)c(OCc2ccccc2)c1)c1ccc2nc3ccc(=[N+](C)COC(=O)C(F)(F)F)cc-3sc2c1. The molecule has 0 radical (unpaired) electrons. The third-order valence-electron chi connectivity index (χ3n) is 9.40. The van der Waals surface area contributed by atoms with Crippen molar-refractivity contribution in [2.75, 3.05) is 78.5 Å². The molecule has 61 heavy (non-hydrogen) atoms. The molecule has 4 aromatic rings. The van der Waals surface area contributed by atoms with Gasteiger partial charge in [0.2, 0.25) is 5.36 Å². The topological polar surface area (TPSA) is 104 Å². The molecule has 0 unspecified atom stereocenters. The Morgan fingerprint density at radius 2 is 1.39 bits per heavy atom. The Kier molecular flexibility index (Phi) is 16.8.